The van der Waals surface area contributed by atoms with E-state index in [1.807, 2.05) is 13.8 Å². The number of nitriles is 1. The maximum Gasteiger partial charge on any atom is 0.156 e. The summed E-state index contributed by atoms with van der Waals surface area (Å²) in [5.41, 5.74) is -0.596. The molecular formula is C11H13Br2NO. The van der Waals surface area contributed by atoms with E-state index in [2.05, 4.69) is 37.9 Å². The second kappa shape index (κ2) is 3.07. The second-order valence-corrected chi connectivity index (χ2v) is 7.50. The highest BCUT2D eigenvalue weighted by Gasteiger charge is 2.74. The van der Waals surface area contributed by atoms with Gasteiger partial charge in [-0.1, -0.05) is 45.7 Å². The number of Topliss-reactive ketones (excluding diaryl/α,β-unsaturated/α-hetero) is 1. The molecule has 0 aromatic heterocycles. The SMILES string of the molecule is CC1(C)C(=O)[C@@]2(Br)CC[C@@]1(CC#N)[C@H]2Br. The van der Waals surface area contributed by atoms with Crippen LogP contribution in [0.25, 0.3) is 0 Å². The molecule has 2 bridgehead atoms. The first-order valence-corrected chi connectivity index (χ1v) is 6.79. The van der Waals surface area contributed by atoms with E-state index in [1.54, 1.807) is 0 Å². The Kier molecular flexibility index (Phi) is 2.38. The Balaban J connectivity index is 2.57. The molecule has 0 aromatic rings. The van der Waals surface area contributed by atoms with Crippen molar-refractivity contribution in [2.45, 2.75) is 42.3 Å². The molecule has 2 aliphatic rings. The van der Waals surface area contributed by atoms with E-state index < -0.39 is 9.74 Å². The van der Waals surface area contributed by atoms with Crippen molar-refractivity contribution in [2.75, 3.05) is 0 Å². The third kappa shape index (κ3) is 1.07. The third-order valence-electron chi connectivity index (χ3n) is 4.41. The minimum atomic E-state index is -0.437. The zero-order valence-corrected chi connectivity index (χ0v) is 12.0. The van der Waals surface area contributed by atoms with Crippen LogP contribution in [-0.4, -0.2) is 14.9 Å². The molecule has 0 unspecified atom stereocenters. The first-order valence-electron chi connectivity index (χ1n) is 5.08. The highest BCUT2D eigenvalue weighted by molar-refractivity contribution is 9.13. The van der Waals surface area contributed by atoms with Gasteiger partial charge in [0.25, 0.3) is 0 Å². The summed E-state index contributed by atoms with van der Waals surface area (Å²) in [7, 11) is 0. The van der Waals surface area contributed by atoms with Gasteiger partial charge in [0.15, 0.2) is 5.78 Å². The maximum absolute atomic E-state index is 12.3. The summed E-state index contributed by atoms with van der Waals surface area (Å²) in [6.45, 7) is 3.95. The van der Waals surface area contributed by atoms with Crippen LogP contribution in [0, 0.1) is 22.2 Å². The Labute approximate surface area is 107 Å². The van der Waals surface area contributed by atoms with Crippen molar-refractivity contribution in [1.29, 1.82) is 5.26 Å². The Hall–Kier alpha value is 0.120. The van der Waals surface area contributed by atoms with Crippen LogP contribution in [-0.2, 0) is 4.79 Å². The van der Waals surface area contributed by atoms with Gasteiger partial charge in [-0.15, -0.1) is 0 Å². The number of fused-ring (bicyclic) bond motifs is 2. The Morgan fingerprint density at radius 1 is 1.53 bits per heavy atom. The molecule has 0 N–H and O–H groups in total. The van der Waals surface area contributed by atoms with Gasteiger partial charge in [-0.3, -0.25) is 4.79 Å². The highest BCUT2D eigenvalue weighted by Crippen LogP contribution is 2.70. The van der Waals surface area contributed by atoms with Crippen molar-refractivity contribution < 1.29 is 4.79 Å². The molecule has 2 fully saturated rings. The number of ketones is 1. The van der Waals surface area contributed by atoms with Gasteiger partial charge >= 0.3 is 0 Å². The van der Waals surface area contributed by atoms with Crippen LogP contribution in [0.1, 0.15) is 33.1 Å². The van der Waals surface area contributed by atoms with E-state index in [1.165, 1.54) is 0 Å². The quantitative estimate of drug-likeness (QED) is 0.691. The largest absolute Gasteiger partial charge is 0.297 e. The molecule has 3 atom stereocenters. The Morgan fingerprint density at radius 3 is 2.53 bits per heavy atom. The molecule has 82 valence electrons. The molecule has 0 heterocycles. The van der Waals surface area contributed by atoms with E-state index in [-0.39, 0.29) is 16.0 Å². The molecule has 0 radical (unpaired) electrons. The molecule has 2 nitrogen and oxygen atoms in total. The normalized spacial score (nSPS) is 46.9. The fourth-order valence-corrected chi connectivity index (χ4v) is 5.77. The number of carbonyl (C=O) groups excluding carboxylic acids is 1. The van der Waals surface area contributed by atoms with Gasteiger partial charge in [0.05, 0.1) is 10.4 Å². The van der Waals surface area contributed by atoms with Gasteiger partial charge in [0, 0.05) is 22.1 Å². The van der Waals surface area contributed by atoms with Gasteiger partial charge in [-0.05, 0) is 12.8 Å². The van der Waals surface area contributed by atoms with Crippen molar-refractivity contribution in [3.8, 4) is 6.07 Å². The van der Waals surface area contributed by atoms with Gasteiger partial charge in [-0.25, -0.2) is 0 Å². The molecule has 0 spiro atoms. The molecule has 15 heavy (non-hydrogen) atoms. The molecule has 0 amide bonds. The third-order valence-corrected chi connectivity index (χ3v) is 7.89. The molecule has 2 saturated carbocycles. The van der Waals surface area contributed by atoms with Crippen molar-refractivity contribution in [1.82, 2.24) is 0 Å². The van der Waals surface area contributed by atoms with Gasteiger partial charge in [-0.2, -0.15) is 5.26 Å². The summed E-state index contributed by atoms with van der Waals surface area (Å²) < 4.78 is -0.437. The summed E-state index contributed by atoms with van der Waals surface area (Å²) in [5.74, 6) is 0.248. The molecule has 2 rings (SSSR count). The van der Waals surface area contributed by atoms with Crippen LogP contribution >= 0.6 is 31.9 Å². The lowest BCUT2D eigenvalue weighted by molar-refractivity contribution is -0.131. The van der Waals surface area contributed by atoms with Crippen LogP contribution in [0.5, 0.6) is 0 Å². The van der Waals surface area contributed by atoms with Crippen molar-refractivity contribution in [3.63, 3.8) is 0 Å². The smallest absolute Gasteiger partial charge is 0.156 e. The van der Waals surface area contributed by atoms with E-state index in [0.717, 1.165) is 12.8 Å². The van der Waals surface area contributed by atoms with Crippen LogP contribution in [0.3, 0.4) is 0 Å². The predicted molar refractivity (Wildman–Crippen MR) is 65.1 cm³/mol. The first-order chi connectivity index (χ1) is 6.83. The molecule has 4 heteroatoms. The Bertz CT molecular complexity index is 373. The summed E-state index contributed by atoms with van der Waals surface area (Å²) in [6, 6.07) is 2.25. The van der Waals surface area contributed by atoms with E-state index in [4.69, 9.17) is 5.26 Å². The summed E-state index contributed by atoms with van der Waals surface area (Å²) >= 11 is 7.24. The minimum absolute atomic E-state index is 0.0830. The van der Waals surface area contributed by atoms with Crippen LogP contribution in [0.15, 0.2) is 0 Å². The summed E-state index contributed by atoms with van der Waals surface area (Å²) in [5, 5.41) is 8.96. The average Bonchev–Trinajstić information content (AvgIpc) is 2.48. The molecule has 2 aliphatic carbocycles. The topological polar surface area (TPSA) is 40.9 Å². The van der Waals surface area contributed by atoms with Gasteiger partial charge < -0.3 is 0 Å². The number of nitrogens with zero attached hydrogens (tertiary/aromatic N) is 1. The second-order valence-electron chi connectivity index (χ2n) is 5.17. The van der Waals surface area contributed by atoms with E-state index in [0.29, 0.717) is 6.42 Å². The lowest BCUT2D eigenvalue weighted by atomic mass is 9.63. The van der Waals surface area contributed by atoms with Crippen molar-refractivity contribution in [2.24, 2.45) is 10.8 Å². The zero-order chi connectivity index (χ0) is 11.5. The molecule has 0 aromatic carbocycles. The number of hydrogen-bond acceptors (Lipinski definition) is 2. The molecular weight excluding hydrogens is 322 g/mol. The summed E-state index contributed by atoms with van der Waals surface area (Å²) in [4.78, 5) is 12.4. The monoisotopic (exact) mass is 333 g/mol. The zero-order valence-electron chi connectivity index (χ0n) is 8.81. The van der Waals surface area contributed by atoms with Crippen LogP contribution < -0.4 is 0 Å². The maximum atomic E-state index is 12.3. The number of carbonyl (C=O) groups is 1. The number of halogens is 2. The number of hydrogen-bond donors (Lipinski definition) is 0. The van der Waals surface area contributed by atoms with Crippen molar-refractivity contribution >= 4 is 37.6 Å². The average molecular weight is 335 g/mol. The van der Waals surface area contributed by atoms with Crippen molar-refractivity contribution in [3.05, 3.63) is 0 Å². The number of rotatable bonds is 1. The molecule has 0 saturated heterocycles. The fourth-order valence-electron chi connectivity index (χ4n) is 3.24. The summed E-state index contributed by atoms with van der Waals surface area (Å²) in [6.07, 6.45) is 2.24. The fraction of sp³-hybridized carbons (Fsp3) is 0.818. The lowest BCUT2D eigenvalue weighted by Gasteiger charge is -2.40. The van der Waals surface area contributed by atoms with Gasteiger partial charge in [0.2, 0.25) is 0 Å². The lowest BCUT2D eigenvalue weighted by Crippen LogP contribution is -2.42. The highest BCUT2D eigenvalue weighted by atomic mass is 79.9. The predicted octanol–water partition coefficient (Wildman–Crippen LogP) is 3.19. The standard InChI is InChI=1S/C11H13Br2NO/c1-9(2)8(15)11(13)4-3-10(9,5-6-14)7(11)12/h7H,3-5H2,1-2H3/t7-,10-,11-/m1/s1. The van der Waals surface area contributed by atoms with E-state index in [9.17, 15) is 4.79 Å². The minimum Gasteiger partial charge on any atom is -0.297 e. The Morgan fingerprint density at radius 2 is 2.13 bits per heavy atom. The van der Waals surface area contributed by atoms with Gasteiger partial charge in [0.1, 0.15) is 0 Å². The first kappa shape index (κ1) is 11.6. The molecule has 0 aliphatic heterocycles. The number of alkyl halides is 2. The van der Waals surface area contributed by atoms with Crippen LogP contribution in [0.2, 0.25) is 0 Å². The van der Waals surface area contributed by atoms with E-state index >= 15 is 0 Å². The van der Waals surface area contributed by atoms with Crippen LogP contribution in [0.4, 0.5) is 0 Å².